The Balaban J connectivity index is 1.91. The molecule has 124 valence electrons. The molecule has 3 heteroatoms. The Labute approximate surface area is 132 Å². The largest absolute Gasteiger partial charge is 0.314 e. The predicted octanol–water partition coefficient (Wildman–Crippen LogP) is 2.67. The zero-order valence-corrected chi connectivity index (χ0v) is 14.9. The van der Waals surface area contributed by atoms with Gasteiger partial charge in [0.25, 0.3) is 0 Å². The average molecular weight is 296 g/mol. The van der Waals surface area contributed by atoms with Gasteiger partial charge in [0, 0.05) is 25.2 Å². The van der Waals surface area contributed by atoms with E-state index in [9.17, 15) is 0 Å². The van der Waals surface area contributed by atoms with E-state index in [1.807, 2.05) is 0 Å². The van der Waals surface area contributed by atoms with Gasteiger partial charge in [0.2, 0.25) is 0 Å². The SMILES string of the molecule is CCCNC1CC(C)CC(C)C1CN1CCC(N(C)C)C1. The van der Waals surface area contributed by atoms with Crippen molar-refractivity contribution in [3.63, 3.8) is 0 Å². The Morgan fingerprint density at radius 3 is 2.57 bits per heavy atom. The van der Waals surface area contributed by atoms with Gasteiger partial charge in [-0.2, -0.15) is 0 Å². The van der Waals surface area contributed by atoms with Crippen LogP contribution in [-0.4, -0.2) is 62.2 Å². The summed E-state index contributed by atoms with van der Waals surface area (Å²) < 4.78 is 0. The molecule has 21 heavy (non-hydrogen) atoms. The minimum atomic E-state index is 0.738. The van der Waals surface area contributed by atoms with Gasteiger partial charge < -0.3 is 15.1 Å². The summed E-state index contributed by atoms with van der Waals surface area (Å²) >= 11 is 0. The summed E-state index contributed by atoms with van der Waals surface area (Å²) in [6.07, 6.45) is 5.38. The molecule has 0 amide bonds. The molecule has 2 fully saturated rings. The second-order valence-electron chi connectivity index (χ2n) is 7.94. The van der Waals surface area contributed by atoms with Crippen molar-refractivity contribution in [2.45, 2.75) is 58.5 Å². The molecule has 5 atom stereocenters. The third-order valence-electron chi connectivity index (χ3n) is 5.78. The van der Waals surface area contributed by atoms with Crippen molar-refractivity contribution in [2.75, 3.05) is 40.3 Å². The van der Waals surface area contributed by atoms with Crippen molar-refractivity contribution in [3.8, 4) is 0 Å². The van der Waals surface area contributed by atoms with E-state index in [4.69, 9.17) is 0 Å². The fraction of sp³-hybridized carbons (Fsp3) is 1.00. The van der Waals surface area contributed by atoms with Gasteiger partial charge in [-0.25, -0.2) is 0 Å². The van der Waals surface area contributed by atoms with Crippen LogP contribution in [0.5, 0.6) is 0 Å². The average Bonchev–Trinajstić information content (AvgIpc) is 2.88. The van der Waals surface area contributed by atoms with E-state index in [0.717, 1.165) is 29.8 Å². The molecule has 1 N–H and O–H groups in total. The fourth-order valence-corrected chi connectivity index (χ4v) is 4.48. The minimum Gasteiger partial charge on any atom is -0.314 e. The lowest BCUT2D eigenvalue weighted by Gasteiger charge is -2.42. The molecule has 0 bridgehead atoms. The maximum absolute atomic E-state index is 3.85. The molecular weight excluding hydrogens is 258 g/mol. The lowest BCUT2D eigenvalue weighted by Crippen LogP contribution is -2.49. The predicted molar refractivity (Wildman–Crippen MR) is 91.7 cm³/mol. The highest BCUT2D eigenvalue weighted by atomic mass is 15.2. The van der Waals surface area contributed by atoms with Crippen LogP contribution in [0.25, 0.3) is 0 Å². The summed E-state index contributed by atoms with van der Waals surface area (Å²) in [7, 11) is 4.45. The van der Waals surface area contributed by atoms with Crippen LogP contribution in [0.4, 0.5) is 0 Å². The van der Waals surface area contributed by atoms with E-state index >= 15 is 0 Å². The van der Waals surface area contributed by atoms with E-state index in [1.54, 1.807) is 0 Å². The molecule has 3 nitrogen and oxygen atoms in total. The number of nitrogens with zero attached hydrogens (tertiary/aromatic N) is 2. The Morgan fingerprint density at radius 2 is 1.95 bits per heavy atom. The van der Waals surface area contributed by atoms with Gasteiger partial charge in [0.05, 0.1) is 0 Å². The first-order chi connectivity index (χ1) is 10.0. The highest BCUT2D eigenvalue weighted by molar-refractivity contribution is 4.91. The standard InChI is InChI=1S/C18H37N3/c1-6-8-19-18-11-14(2)10-15(3)17(18)13-21-9-7-16(12-21)20(4)5/h14-19H,6-13H2,1-5H3. The summed E-state index contributed by atoms with van der Waals surface area (Å²) in [6.45, 7) is 12.3. The molecule has 0 aromatic heterocycles. The zero-order valence-electron chi connectivity index (χ0n) is 14.9. The van der Waals surface area contributed by atoms with Crippen LogP contribution in [-0.2, 0) is 0 Å². The van der Waals surface area contributed by atoms with Crippen molar-refractivity contribution >= 4 is 0 Å². The minimum absolute atomic E-state index is 0.738. The molecule has 1 saturated carbocycles. The quantitative estimate of drug-likeness (QED) is 0.813. The van der Waals surface area contributed by atoms with Gasteiger partial charge in [-0.1, -0.05) is 20.8 Å². The van der Waals surface area contributed by atoms with Crippen molar-refractivity contribution in [1.29, 1.82) is 0 Å². The van der Waals surface area contributed by atoms with Crippen molar-refractivity contribution in [3.05, 3.63) is 0 Å². The second kappa shape index (κ2) is 7.94. The fourth-order valence-electron chi connectivity index (χ4n) is 4.48. The zero-order chi connectivity index (χ0) is 15.4. The molecule has 1 aliphatic carbocycles. The van der Waals surface area contributed by atoms with Gasteiger partial charge in [0.15, 0.2) is 0 Å². The molecule has 0 aromatic rings. The highest BCUT2D eigenvalue weighted by Gasteiger charge is 2.36. The van der Waals surface area contributed by atoms with Crippen LogP contribution < -0.4 is 5.32 Å². The number of likely N-dealkylation sites (tertiary alicyclic amines) is 1. The van der Waals surface area contributed by atoms with Gasteiger partial charge in [-0.15, -0.1) is 0 Å². The van der Waals surface area contributed by atoms with Crippen LogP contribution in [0.15, 0.2) is 0 Å². The van der Waals surface area contributed by atoms with E-state index in [1.165, 1.54) is 51.9 Å². The Morgan fingerprint density at radius 1 is 1.19 bits per heavy atom. The molecule has 0 radical (unpaired) electrons. The lowest BCUT2D eigenvalue weighted by atomic mass is 9.72. The maximum Gasteiger partial charge on any atom is 0.0229 e. The first-order valence-corrected chi connectivity index (χ1v) is 9.13. The van der Waals surface area contributed by atoms with E-state index in [2.05, 4.69) is 50.0 Å². The third kappa shape index (κ3) is 4.67. The van der Waals surface area contributed by atoms with Gasteiger partial charge in [-0.05, 0) is 70.6 Å². The summed E-state index contributed by atoms with van der Waals surface area (Å²) in [5, 5.41) is 3.85. The first-order valence-electron chi connectivity index (χ1n) is 9.13. The number of hydrogen-bond acceptors (Lipinski definition) is 3. The van der Waals surface area contributed by atoms with Crippen LogP contribution in [0.2, 0.25) is 0 Å². The Hall–Kier alpha value is -0.120. The Bertz CT molecular complexity index is 305. The molecule has 1 aliphatic heterocycles. The van der Waals surface area contributed by atoms with Crippen LogP contribution in [0, 0.1) is 17.8 Å². The third-order valence-corrected chi connectivity index (χ3v) is 5.78. The van der Waals surface area contributed by atoms with Gasteiger partial charge >= 0.3 is 0 Å². The smallest absolute Gasteiger partial charge is 0.0229 e. The summed E-state index contributed by atoms with van der Waals surface area (Å²) in [6, 6.07) is 1.51. The van der Waals surface area contributed by atoms with Crippen molar-refractivity contribution < 1.29 is 0 Å². The maximum atomic E-state index is 3.85. The summed E-state index contributed by atoms with van der Waals surface area (Å²) in [4.78, 5) is 5.13. The topological polar surface area (TPSA) is 18.5 Å². The molecule has 1 saturated heterocycles. The van der Waals surface area contributed by atoms with Crippen LogP contribution in [0.3, 0.4) is 0 Å². The first kappa shape index (κ1) is 17.2. The monoisotopic (exact) mass is 295 g/mol. The second-order valence-corrected chi connectivity index (χ2v) is 7.94. The van der Waals surface area contributed by atoms with E-state index < -0.39 is 0 Å². The molecular formula is C18H37N3. The molecule has 0 aromatic carbocycles. The number of hydrogen-bond donors (Lipinski definition) is 1. The van der Waals surface area contributed by atoms with E-state index in [0.29, 0.717) is 0 Å². The normalized spacial score (nSPS) is 38.3. The van der Waals surface area contributed by atoms with E-state index in [-0.39, 0.29) is 0 Å². The number of rotatable bonds is 6. The molecule has 5 unspecified atom stereocenters. The van der Waals surface area contributed by atoms with Crippen molar-refractivity contribution in [1.82, 2.24) is 15.1 Å². The highest BCUT2D eigenvalue weighted by Crippen LogP contribution is 2.35. The molecule has 1 heterocycles. The van der Waals surface area contributed by atoms with Gasteiger partial charge in [-0.3, -0.25) is 0 Å². The Kier molecular flexibility index (Phi) is 6.51. The van der Waals surface area contributed by atoms with Gasteiger partial charge in [0.1, 0.15) is 0 Å². The summed E-state index contributed by atoms with van der Waals surface area (Å²) in [5.74, 6) is 2.59. The summed E-state index contributed by atoms with van der Waals surface area (Å²) in [5.41, 5.74) is 0. The molecule has 0 spiro atoms. The molecule has 2 rings (SSSR count). The number of likely N-dealkylation sites (N-methyl/N-ethyl adjacent to an activating group) is 1. The van der Waals surface area contributed by atoms with Crippen LogP contribution in [0.1, 0.15) is 46.5 Å². The van der Waals surface area contributed by atoms with Crippen molar-refractivity contribution in [2.24, 2.45) is 17.8 Å². The van der Waals surface area contributed by atoms with Crippen LogP contribution >= 0.6 is 0 Å². The lowest BCUT2D eigenvalue weighted by molar-refractivity contribution is 0.108. The molecule has 2 aliphatic rings. The number of nitrogens with one attached hydrogen (secondary N) is 1.